The van der Waals surface area contributed by atoms with Crippen molar-refractivity contribution in [3.63, 3.8) is 0 Å². The number of hydrogen-bond donors (Lipinski definition) is 2. The molecule has 166 valence electrons. The lowest BCUT2D eigenvalue weighted by Gasteiger charge is -2.23. The van der Waals surface area contributed by atoms with Crippen molar-refractivity contribution in [1.82, 2.24) is 20.4 Å². The molecule has 2 heterocycles. The van der Waals surface area contributed by atoms with Gasteiger partial charge in [0.15, 0.2) is 0 Å². The molecule has 0 aliphatic carbocycles. The molecule has 0 radical (unpaired) electrons. The number of rotatable bonds is 7. The van der Waals surface area contributed by atoms with Gasteiger partial charge in [0.25, 0.3) is 5.91 Å². The zero-order valence-corrected chi connectivity index (χ0v) is 17.7. The average molecular weight is 430 g/mol. The number of carbonyl (C=O) groups excluding carboxylic acids is 3. The van der Waals surface area contributed by atoms with Crippen molar-refractivity contribution in [2.24, 2.45) is 0 Å². The Morgan fingerprint density at radius 2 is 2.03 bits per heavy atom. The molecule has 2 aromatic rings. The summed E-state index contributed by atoms with van der Waals surface area (Å²) in [6, 6.07) is 7.66. The number of aliphatic hydroxyl groups excluding tert-OH is 1. The number of carbonyl (C=O) groups is 3. The molecule has 10 nitrogen and oxygen atoms in total. The highest BCUT2D eigenvalue weighted by atomic mass is 16.7. The summed E-state index contributed by atoms with van der Waals surface area (Å²) in [6.07, 6.45) is -0.619. The van der Waals surface area contributed by atoms with Gasteiger partial charge < -0.3 is 19.8 Å². The van der Waals surface area contributed by atoms with Gasteiger partial charge in [-0.1, -0.05) is 17.3 Å². The van der Waals surface area contributed by atoms with Crippen LogP contribution in [0.15, 0.2) is 34.9 Å². The normalized spacial score (nSPS) is 18.1. The number of nitrogens with zero attached hydrogens (tertiary/aromatic N) is 3. The first-order chi connectivity index (χ1) is 14.8. The maximum atomic E-state index is 12.7. The quantitative estimate of drug-likeness (QED) is 0.611. The predicted octanol–water partition coefficient (Wildman–Crippen LogP) is 0.437. The third-order valence-corrected chi connectivity index (χ3v) is 5.13. The van der Waals surface area contributed by atoms with E-state index in [1.807, 2.05) is 0 Å². The first-order valence-corrected chi connectivity index (χ1v) is 9.87. The number of amides is 3. The highest BCUT2D eigenvalue weighted by Gasteiger charge is 2.38. The lowest BCUT2D eigenvalue weighted by molar-refractivity contribution is -0.138. The highest BCUT2D eigenvalue weighted by molar-refractivity contribution is 5.93. The van der Waals surface area contributed by atoms with Crippen LogP contribution < -0.4 is 5.32 Å². The van der Waals surface area contributed by atoms with Crippen LogP contribution in [-0.2, 0) is 27.4 Å². The Kier molecular flexibility index (Phi) is 7.03. The van der Waals surface area contributed by atoms with Gasteiger partial charge in [-0.15, -0.1) is 0 Å². The molecular formula is C21H26N4O6. The number of aryl methyl sites for hydroxylation is 1. The molecule has 31 heavy (non-hydrogen) atoms. The van der Waals surface area contributed by atoms with E-state index in [0.717, 1.165) is 10.6 Å². The van der Waals surface area contributed by atoms with Crippen LogP contribution in [0.3, 0.4) is 0 Å². The molecule has 0 spiro atoms. The Morgan fingerprint density at radius 3 is 2.65 bits per heavy atom. The largest absolute Gasteiger partial charge is 0.391 e. The zero-order valence-electron chi connectivity index (χ0n) is 17.7. The fourth-order valence-corrected chi connectivity index (χ4v) is 3.43. The van der Waals surface area contributed by atoms with Gasteiger partial charge in [-0.2, -0.15) is 0 Å². The van der Waals surface area contributed by atoms with Crippen molar-refractivity contribution in [2.75, 3.05) is 20.7 Å². The molecule has 1 aliphatic heterocycles. The molecule has 10 heteroatoms. The van der Waals surface area contributed by atoms with E-state index in [9.17, 15) is 19.5 Å². The minimum absolute atomic E-state index is 0.0250. The van der Waals surface area contributed by atoms with Crippen LogP contribution in [-0.4, -0.2) is 70.8 Å². The standard InChI is InChI=1S/C21H26N4O6/c1-13-8-17(31-23-13)10-19(27)25-12-16(26)9-18(25)20(28)22-11-14-4-6-15(7-5-14)21(29)24(2)30-3/h4-8,16,18,26H,9-12H2,1-3H3,(H,22,28)/t16-,18+/m1/s1. The van der Waals surface area contributed by atoms with Gasteiger partial charge in [-0.3, -0.25) is 19.2 Å². The molecule has 2 atom stereocenters. The van der Waals surface area contributed by atoms with Gasteiger partial charge in [0.05, 0.1) is 25.3 Å². The molecule has 1 saturated heterocycles. The van der Waals surface area contributed by atoms with Crippen molar-refractivity contribution < 1.29 is 28.9 Å². The fraction of sp³-hybridized carbons (Fsp3) is 0.429. The number of likely N-dealkylation sites (tertiary alicyclic amines) is 1. The summed E-state index contributed by atoms with van der Waals surface area (Å²) in [5.74, 6) is -0.526. The van der Waals surface area contributed by atoms with Gasteiger partial charge in [0.1, 0.15) is 11.8 Å². The van der Waals surface area contributed by atoms with Crippen LogP contribution in [0.4, 0.5) is 0 Å². The Balaban J connectivity index is 1.58. The molecule has 3 amide bonds. The SMILES string of the molecule is CON(C)C(=O)c1ccc(CNC(=O)[C@@H]2C[C@@H](O)CN2C(=O)Cc2cc(C)no2)cc1. The maximum absolute atomic E-state index is 12.7. The summed E-state index contributed by atoms with van der Waals surface area (Å²) >= 11 is 0. The monoisotopic (exact) mass is 430 g/mol. The molecule has 1 aromatic carbocycles. The van der Waals surface area contributed by atoms with E-state index >= 15 is 0 Å². The number of β-amino-alcohol motifs (C(OH)–C–C–N with tert-alkyl or cyclic N) is 1. The van der Waals surface area contributed by atoms with Gasteiger partial charge in [0, 0.05) is 38.2 Å². The number of hydroxylamine groups is 2. The van der Waals surface area contributed by atoms with Crippen molar-refractivity contribution in [3.8, 4) is 0 Å². The second-order valence-corrected chi connectivity index (χ2v) is 7.46. The lowest BCUT2D eigenvalue weighted by Crippen LogP contribution is -2.46. The van der Waals surface area contributed by atoms with Crippen LogP contribution in [0, 0.1) is 6.92 Å². The first-order valence-electron chi connectivity index (χ1n) is 9.87. The number of benzene rings is 1. The second kappa shape index (κ2) is 9.71. The number of aliphatic hydroxyl groups is 1. The minimum atomic E-state index is -0.765. The van der Waals surface area contributed by atoms with Gasteiger partial charge in [-0.25, -0.2) is 5.06 Å². The van der Waals surface area contributed by atoms with E-state index in [-0.39, 0.29) is 43.7 Å². The second-order valence-electron chi connectivity index (χ2n) is 7.46. The van der Waals surface area contributed by atoms with Crippen molar-refractivity contribution in [2.45, 2.75) is 38.5 Å². The molecule has 0 unspecified atom stereocenters. The van der Waals surface area contributed by atoms with Crippen LogP contribution in [0.2, 0.25) is 0 Å². The molecule has 3 rings (SSSR count). The van der Waals surface area contributed by atoms with Gasteiger partial charge in [-0.05, 0) is 24.6 Å². The third-order valence-electron chi connectivity index (χ3n) is 5.13. The Bertz CT molecular complexity index is 942. The Morgan fingerprint density at radius 1 is 1.32 bits per heavy atom. The van der Waals surface area contributed by atoms with Crippen molar-refractivity contribution in [1.29, 1.82) is 0 Å². The molecule has 1 aliphatic rings. The van der Waals surface area contributed by atoms with Crippen LogP contribution in [0.1, 0.15) is 33.8 Å². The topological polar surface area (TPSA) is 125 Å². The molecule has 0 saturated carbocycles. The summed E-state index contributed by atoms with van der Waals surface area (Å²) in [4.78, 5) is 43.6. The minimum Gasteiger partial charge on any atom is -0.391 e. The van der Waals surface area contributed by atoms with Crippen LogP contribution in [0.5, 0.6) is 0 Å². The van der Waals surface area contributed by atoms with E-state index in [2.05, 4.69) is 10.5 Å². The van der Waals surface area contributed by atoms with Crippen LogP contribution in [0.25, 0.3) is 0 Å². The third kappa shape index (κ3) is 5.47. The molecule has 1 aromatic heterocycles. The predicted molar refractivity (Wildman–Crippen MR) is 108 cm³/mol. The number of nitrogens with one attached hydrogen (secondary N) is 1. The highest BCUT2D eigenvalue weighted by Crippen LogP contribution is 2.20. The van der Waals surface area contributed by atoms with Crippen molar-refractivity contribution >= 4 is 17.7 Å². The molecule has 2 N–H and O–H groups in total. The van der Waals surface area contributed by atoms with Crippen molar-refractivity contribution in [3.05, 3.63) is 52.9 Å². The number of aromatic nitrogens is 1. The van der Waals surface area contributed by atoms with E-state index in [1.54, 1.807) is 37.3 Å². The van der Waals surface area contributed by atoms with Crippen LogP contribution >= 0.6 is 0 Å². The zero-order chi connectivity index (χ0) is 22.5. The first kappa shape index (κ1) is 22.4. The average Bonchev–Trinajstić information content (AvgIpc) is 3.36. The Hall–Kier alpha value is -3.24. The maximum Gasteiger partial charge on any atom is 0.277 e. The fourth-order valence-electron chi connectivity index (χ4n) is 3.43. The Labute approximate surface area is 179 Å². The van der Waals surface area contributed by atoms with E-state index in [1.165, 1.54) is 19.1 Å². The summed E-state index contributed by atoms with van der Waals surface area (Å²) in [5.41, 5.74) is 1.91. The molecule has 0 bridgehead atoms. The van der Waals surface area contributed by atoms with E-state index in [0.29, 0.717) is 17.0 Å². The van der Waals surface area contributed by atoms with Gasteiger partial charge >= 0.3 is 0 Å². The lowest BCUT2D eigenvalue weighted by atomic mass is 10.1. The number of hydrogen-bond acceptors (Lipinski definition) is 7. The summed E-state index contributed by atoms with van der Waals surface area (Å²) in [5, 5.41) is 17.7. The van der Waals surface area contributed by atoms with E-state index < -0.39 is 12.1 Å². The summed E-state index contributed by atoms with van der Waals surface area (Å²) < 4.78 is 5.08. The summed E-state index contributed by atoms with van der Waals surface area (Å²) in [6.45, 7) is 2.07. The van der Waals surface area contributed by atoms with E-state index in [4.69, 9.17) is 9.36 Å². The smallest absolute Gasteiger partial charge is 0.277 e. The molecule has 1 fully saturated rings. The van der Waals surface area contributed by atoms with Gasteiger partial charge in [0.2, 0.25) is 11.8 Å². The molecular weight excluding hydrogens is 404 g/mol. The summed E-state index contributed by atoms with van der Waals surface area (Å²) in [7, 11) is 2.92.